The quantitative estimate of drug-likeness (QED) is 0.106. The molecule has 0 fully saturated rings. The fourth-order valence-corrected chi connectivity index (χ4v) is 14.9. The van der Waals surface area contributed by atoms with E-state index >= 15 is 0 Å². The number of nitrogens with zero attached hydrogens (tertiary/aromatic N) is 1. The third-order valence-corrected chi connectivity index (χ3v) is 18.0. The summed E-state index contributed by atoms with van der Waals surface area (Å²) in [5.41, 5.74) is 9.82. The Hall–Kier alpha value is -8.24. The average molecular weight is 846 g/mol. The fourth-order valence-electron chi connectivity index (χ4n) is 10.1. The van der Waals surface area contributed by atoms with Crippen molar-refractivity contribution in [1.82, 2.24) is 0 Å². The summed E-state index contributed by atoms with van der Waals surface area (Å²) in [6.07, 6.45) is 0. The van der Waals surface area contributed by atoms with Crippen molar-refractivity contribution < 1.29 is 4.42 Å². The molecule has 0 radical (unpaired) electrons. The molecule has 0 aliphatic heterocycles. The summed E-state index contributed by atoms with van der Waals surface area (Å²) < 4.78 is 6.64. The van der Waals surface area contributed by atoms with Crippen molar-refractivity contribution in [1.29, 1.82) is 0 Å². The van der Waals surface area contributed by atoms with E-state index in [2.05, 4.69) is 266 Å². The van der Waals surface area contributed by atoms with Crippen molar-refractivity contribution >= 4 is 89.4 Å². The molecule has 0 bridgehead atoms. The zero-order valence-corrected chi connectivity index (χ0v) is 36.7. The zero-order valence-electron chi connectivity index (χ0n) is 35.7. The first kappa shape index (κ1) is 38.4. The SMILES string of the molecule is c1ccc(-c2cccc3ccc(-c4ccc(N(c5cccc([Si](c6ccccc6)(c6ccccc6)c6ccccc6)c5)c5ccc6oc7c8ccccc8ccc7c6c5)cc4)cc23)cc1. The Morgan fingerprint density at radius 2 is 0.831 bits per heavy atom. The van der Waals surface area contributed by atoms with Crippen LogP contribution in [0.4, 0.5) is 17.1 Å². The van der Waals surface area contributed by atoms with E-state index in [0.29, 0.717) is 0 Å². The summed E-state index contributed by atoms with van der Waals surface area (Å²) in [5, 5.41) is 12.3. The lowest BCUT2D eigenvalue weighted by atomic mass is 9.95. The van der Waals surface area contributed by atoms with Gasteiger partial charge in [0, 0.05) is 33.2 Å². The minimum absolute atomic E-state index is 0.874. The largest absolute Gasteiger partial charge is 0.455 e. The van der Waals surface area contributed by atoms with Gasteiger partial charge in [-0.2, -0.15) is 0 Å². The smallest absolute Gasteiger partial charge is 0.179 e. The van der Waals surface area contributed by atoms with Gasteiger partial charge in [-0.3, -0.25) is 0 Å². The summed E-state index contributed by atoms with van der Waals surface area (Å²) in [7, 11) is -2.82. The van der Waals surface area contributed by atoms with Gasteiger partial charge in [-0.05, 0) is 114 Å². The highest BCUT2D eigenvalue weighted by Crippen LogP contribution is 2.41. The molecule has 0 saturated heterocycles. The van der Waals surface area contributed by atoms with Gasteiger partial charge in [0.15, 0.2) is 8.07 Å². The van der Waals surface area contributed by atoms with Crippen LogP contribution in [0.15, 0.2) is 265 Å². The van der Waals surface area contributed by atoms with Crippen LogP contribution in [-0.2, 0) is 0 Å². The van der Waals surface area contributed by atoms with Crippen LogP contribution in [0.2, 0.25) is 0 Å². The van der Waals surface area contributed by atoms with E-state index in [0.717, 1.165) is 44.4 Å². The Morgan fingerprint density at radius 3 is 1.54 bits per heavy atom. The van der Waals surface area contributed by atoms with Crippen LogP contribution in [0.5, 0.6) is 0 Å². The molecule has 11 aromatic carbocycles. The molecule has 0 saturated carbocycles. The first-order valence-electron chi connectivity index (χ1n) is 22.3. The first-order chi connectivity index (χ1) is 32.2. The molecule has 0 unspecified atom stereocenters. The Balaban J connectivity index is 1.05. The van der Waals surface area contributed by atoms with Crippen LogP contribution in [0.25, 0.3) is 65.7 Å². The molecule has 306 valence electrons. The van der Waals surface area contributed by atoms with E-state index in [-0.39, 0.29) is 0 Å². The highest BCUT2D eigenvalue weighted by Gasteiger charge is 2.41. The predicted molar refractivity (Wildman–Crippen MR) is 278 cm³/mol. The molecule has 1 aromatic heterocycles. The summed E-state index contributed by atoms with van der Waals surface area (Å²) >= 11 is 0. The lowest BCUT2D eigenvalue weighted by Crippen LogP contribution is -2.74. The zero-order chi connectivity index (χ0) is 43.2. The number of hydrogen-bond donors (Lipinski definition) is 0. The molecule has 12 rings (SSSR count). The molecule has 1 heterocycles. The molecule has 2 nitrogen and oxygen atoms in total. The van der Waals surface area contributed by atoms with Crippen molar-refractivity contribution in [3.05, 3.63) is 261 Å². The highest BCUT2D eigenvalue weighted by molar-refractivity contribution is 7.19. The molecule has 65 heavy (non-hydrogen) atoms. The maximum absolute atomic E-state index is 6.64. The molecule has 0 amide bonds. The molecule has 0 atom stereocenters. The topological polar surface area (TPSA) is 16.4 Å². The Kier molecular flexibility index (Phi) is 9.55. The van der Waals surface area contributed by atoms with Crippen LogP contribution in [0.3, 0.4) is 0 Å². The van der Waals surface area contributed by atoms with Gasteiger partial charge < -0.3 is 9.32 Å². The summed E-state index contributed by atoms with van der Waals surface area (Å²) in [6, 6.07) is 95.5. The number of rotatable bonds is 9. The second-order valence-electron chi connectivity index (χ2n) is 16.8. The third kappa shape index (κ3) is 6.64. The fraction of sp³-hybridized carbons (Fsp3) is 0. The number of anilines is 3. The lowest BCUT2D eigenvalue weighted by molar-refractivity contribution is 0.672. The summed E-state index contributed by atoms with van der Waals surface area (Å²) in [6.45, 7) is 0. The van der Waals surface area contributed by atoms with E-state index in [9.17, 15) is 0 Å². The van der Waals surface area contributed by atoms with Gasteiger partial charge in [0.25, 0.3) is 0 Å². The molecule has 0 spiro atoms. The molecule has 0 N–H and O–H groups in total. The summed E-state index contributed by atoms with van der Waals surface area (Å²) in [5.74, 6) is 0. The standard InChI is InChI=1S/C62H43NOSi/c1-5-17-45(18-6-1)56-30-15-20-47-31-32-48(41-59(47)56)44-33-36-49(37-34-44)63(51-38-40-61-60(43-51)58-39-35-46-19-13-14-29-57(46)62(58)64-61)50-21-16-28-55(42-50)65(52-22-7-2-8-23-52,53-24-9-3-10-25-53)54-26-11-4-12-27-54/h1-43H. The van der Waals surface area contributed by atoms with Crippen LogP contribution in [-0.4, -0.2) is 8.07 Å². The van der Waals surface area contributed by atoms with Gasteiger partial charge in [0.1, 0.15) is 11.2 Å². The van der Waals surface area contributed by atoms with Crippen molar-refractivity contribution in [2.75, 3.05) is 4.90 Å². The maximum atomic E-state index is 6.64. The van der Waals surface area contributed by atoms with E-state index in [1.165, 1.54) is 59.2 Å². The summed E-state index contributed by atoms with van der Waals surface area (Å²) in [4.78, 5) is 2.42. The second kappa shape index (κ2) is 16.1. The normalized spacial score (nSPS) is 11.7. The number of fused-ring (bicyclic) bond motifs is 6. The van der Waals surface area contributed by atoms with Crippen molar-refractivity contribution in [3.8, 4) is 22.3 Å². The van der Waals surface area contributed by atoms with Crippen LogP contribution >= 0.6 is 0 Å². The number of furan rings is 1. The number of hydrogen-bond acceptors (Lipinski definition) is 2. The minimum Gasteiger partial charge on any atom is -0.455 e. The Bertz CT molecular complexity index is 3540. The van der Waals surface area contributed by atoms with Crippen molar-refractivity contribution in [3.63, 3.8) is 0 Å². The van der Waals surface area contributed by atoms with E-state index in [1.807, 2.05) is 0 Å². The van der Waals surface area contributed by atoms with E-state index in [1.54, 1.807) is 0 Å². The van der Waals surface area contributed by atoms with E-state index < -0.39 is 8.07 Å². The van der Waals surface area contributed by atoms with Gasteiger partial charge in [-0.15, -0.1) is 0 Å². The molecule has 3 heteroatoms. The van der Waals surface area contributed by atoms with Crippen LogP contribution in [0, 0.1) is 0 Å². The maximum Gasteiger partial charge on any atom is 0.179 e. The third-order valence-electron chi connectivity index (χ3n) is 13.2. The van der Waals surface area contributed by atoms with Crippen molar-refractivity contribution in [2.45, 2.75) is 0 Å². The number of benzene rings is 11. The highest BCUT2D eigenvalue weighted by atomic mass is 28.3. The monoisotopic (exact) mass is 845 g/mol. The van der Waals surface area contributed by atoms with Crippen LogP contribution in [0.1, 0.15) is 0 Å². The van der Waals surface area contributed by atoms with Gasteiger partial charge in [0.2, 0.25) is 0 Å². The lowest BCUT2D eigenvalue weighted by Gasteiger charge is -2.35. The van der Waals surface area contributed by atoms with Crippen molar-refractivity contribution in [2.24, 2.45) is 0 Å². The van der Waals surface area contributed by atoms with Gasteiger partial charge >= 0.3 is 0 Å². The molecule has 12 aromatic rings. The predicted octanol–water partition coefficient (Wildman–Crippen LogP) is 14.1. The molecule has 0 aliphatic carbocycles. The average Bonchev–Trinajstić information content (AvgIpc) is 3.77. The van der Waals surface area contributed by atoms with Gasteiger partial charge in [0.05, 0.1) is 0 Å². The Morgan fingerprint density at radius 1 is 0.292 bits per heavy atom. The van der Waals surface area contributed by atoms with Gasteiger partial charge in [-0.1, -0.05) is 206 Å². The molecular formula is C62H43NOSi. The van der Waals surface area contributed by atoms with E-state index in [4.69, 9.17) is 4.42 Å². The second-order valence-corrected chi connectivity index (χ2v) is 20.6. The van der Waals surface area contributed by atoms with Crippen LogP contribution < -0.4 is 25.6 Å². The molecular weight excluding hydrogens is 803 g/mol. The minimum atomic E-state index is -2.82. The first-order valence-corrected chi connectivity index (χ1v) is 24.3. The Labute approximate surface area is 379 Å². The molecule has 0 aliphatic rings. The van der Waals surface area contributed by atoms with Gasteiger partial charge in [-0.25, -0.2) is 0 Å².